The summed E-state index contributed by atoms with van der Waals surface area (Å²) in [5.41, 5.74) is 0.861. The van der Waals surface area contributed by atoms with Crippen LogP contribution in [-0.2, 0) is 0 Å². The lowest BCUT2D eigenvalue weighted by Crippen LogP contribution is -2.50. The van der Waals surface area contributed by atoms with E-state index in [9.17, 15) is 5.11 Å². The second kappa shape index (κ2) is 5.98. The van der Waals surface area contributed by atoms with E-state index >= 15 is 0 Å². The van der Waals surface area contributed by atoms with Gasteiger partial charge in [-0.05, 0) is 57.5 Å². The Morgan fingerprint density at radius 1 is 1.19 bits per heavy atom. The number of likely N-dealkylation sites (N-methyl/N-ethyl adjacent to an activating group) is 1. The number of ether oxygens (including phenoxy) is 1. The van der Waals surface area contributed by atoms with Gasteiger partial charge in [-0.2, -0.15) is 0 Å². The molecule has 1 aromatic rings. The maximum atomic E-state index is 11.0. The van der Waals surface area contributed by atoms with E-state index in [1.165, 1.54) is 19.3 Å². The zero-order chi connectivity index (χ0) is 14.9. The van der Waals surface area contributed by atoms with Crippen LogP contribution in [0.3, 0.4) is 0 Å². The molecule has 116 valence electrons. The Labute approximate surface area is 127 Å². The second-order valence-electron chi connectivity index (χ2n) is 6.85. The summed E-state index contributed by atoms with van der Waals surface area (Å²) >= 11 is 0. The average Bonchev–Trinajstić information content (AvgIpc) is 3.31. The molecule has 3 heteroatoms. The van der Waals surface area contributed by atoms with Crippen molar-refractivity contribution >= 4 is 0 Å². The van der Waals surface area contributed by atoms with Gasteiger partial charge in [-0.1, -0.05) is 31.4 Å². The van der Waals surface area contributed by atoms with E-state index < -0.39 is 6.10 Å². The molecule has 0 bridgehead atoms. The quantitative estimate of drug-likeness (QED) is 0.900. The van der Waals surface area contributed by atoms with Crippen molar-refractivity contribution in [3.05, 3.63) is 29.8 Å². The maximum Gasteiger partial charge on any atom is 0.120 e. The van der Waals surface area contributed by atoms with Crippen LogP contribution in [0.2, 0.25) is 0 Å². The molecule has 21 heavy (non-hydrogen) atoms. The monoisotopic (exact) mass is 289 g/mol. The predicted molar refractivity (Wildman–Crippen MR) is 84.6 cm³/mol. The lowest BCUT2D eigenvalue weighted by Gasteiger charge is -2.46. The van der Waals surface area contributed by atoms with Gasteiger partial charge in [0.05, 0.1) is 17.7 Å². The molecule has 1 aromatic carbocycles. The molecule has 0 aromatic heterocycles. The van der Waals surface area contributed by atoms with E-state index in [1.54, 1.807) is 0 Å². The summed E-state index contributed by atoms with van der Waals surface area (Å²) in [5.74, 6) is 0.902. The summed E-state index contributed by atoms with van der Waals surface area (Å²) in [6, 6.07) is 8.06. The van der Waals surface area contributed by atoms with Gasteiger partial charge in [-0.25, -0.2) is 0 Å². The molecule has 2 fully saturated rings. The van der Waals surface area contributed by atoms with Crippen LogP contribution in [0.4, 0.5) is 0 Å². The maximum absolute atomic E-state index is 11.0. The number of nitrogens with zero attached hydrogens (tertiary/aromatic N) is 1. The Morgan fingerprint density at radius 2 is 1.90 bits per heavy atom. The van der Waals surface area contributed by atoms with Gasteiger partial charge in [-0.3, -0.25) is 0 Å². The van der Waals surface area contributed by atoms with Crippen LogP contribution in [0.25, 0.3) is 0 Å². The van der Waals surface area contributed by atoms with Crippen molar-refractivity contribution < 1.29 is 9.84 Å². The standard InChI is InChI=1S/C18H27NO2/c1-19(2)18(11-4-3-5-12-18)17(20)14-7-6-8-16(13-14)21-15-9-10-15/h6-8,13,15,17,20H,3-5,9-12H2,1-2H3. The average molecular weight is 289 g/mol. The fraction of sp³-hybridized carbons (Fsp3) is 0.667. The highest BCUT2D eigenvalue weighted by Crippen LogP contribution is 2.42. The molecule has 2 aliphatic carbocycles. The lowest BCUT2D eigenvalue weighted by atomic mass is 9.74. The number of aliphatic hydroxyl groups is 1. The van der Waals surface area contributed by atoms with Crippen molar-refractivity contribution in [3.8, 4) is 5.75 Å². The highest BCUT2D eigenvalue weighted by atomic mass is 16.5. The Balaban J connectivity index is 1.82. The smallest absolute Gasteiger partial charge is 0.120 e. The topological polar surface area (TPSA) is 32.7 Å². The molecule has 3 rings (SSSR count). The third kappa shape index (κ3) is 3.09. The molecule has 0 aliphatic heterocycles. The van der Waals surface area contributed by atoms with Crippen LogP contribution < -0.4 is 4.74 Å². The molecule has 0 amide bonds. The van der Waals surface area contributed by atoms with Gasteiger partial charge in [0, 0.05) is 0 Å². The molecule has 2 aliphatic rings. The van der Waals surface area contributed by atoms with E-state index in [-0.39, 0.29) is 5.54 Å². The highest BCUT2D eigenvalue weighted by Gasteiger charge is 2.41. The van der Waals surface area contributed by atoms with Gasteiger partial charge in [0.2, 0.25) is 0 Å². The van der Waals surface area contributed by atoms with Crippen LogP contribution in [0.15, 0.2) is 24.3 Å². The minimum Gasteiger partial charge on any atom is -0.490 e. The van der Waals surface area contributed by atoms with Gasteiger partial charge in [0.25, 0.3) is 0 Å². The molecule has 1 atom stereocenters. The van der Waals surface area contributed by atoms with E-state index in [0.29, 0.717) is 6.10 Å². The first-order chi connectivity index (χ1) is 10.1. The minimum atomic E-state index is -0.449. The minimum absolute atomic E-state index is 0.129. The SMILES string of the molecule is CN(C)C1(C(O)c2cccc(OC3CC3)c2)CCCCC1. The number of aliphatic hydroxyl groups excluding tert-OH is 1. The first-order valence-electron chi connectivity index (χ1n) is 8.24. The molecule has 1 unspecified atom stereocenters. The summed E-state index contributed by atoms with van der Waals surface area (Å²) in [5, 5.41) is 11.0. The van der Waals surface area contributed by atoms with Gasteiger partial charge >= 0.3 is 0 Å². The molecule has 0 saturated heterocycles. The second-order valence-corrected chi connectivity index (χ2v) is 6.85. The molecule has 0 radical (unpaired) electrons. The van der Waals surface area contributed by atoms with Crippen molar-refractivity contribution in [1.82, 2.24) is 4.90 Å². The number of hydrogen-bond acceptors (Lipinski definition) is 3. The van der Waals surface area contributed by atoms with Gasteiger partial charge < -0.3 is 14.7 Å². The Morgan fingerprint density at radius 3 is 2.52 bits per heavy atom. The largest absolute Gasteiger partial charge is 0.490 e. The van der Waals surface area contributed by atoms with Crippen molar-refractivity contribution in [2.24, 2.45) is 0 Å². The predicted octanol–water partition coefficient (Wildman–Crippen LogP) is 3.53. The van der Waals surface area contributed by atoms with Gasteiger partial charge in [0.15, 0.2) is 0 Å². The normalized spacial score (nSPS) is 23.0. The number of hydrogen-bond donors (Lipinski definition) is 1. The van der Waals surface area contributed by atoms with Crippen LogP contribution in [0.1, 0.15) is 56.6 Å². The summed E-state index contributed by atoms with van der Waals surface area (Å²) < 4.78 is 5.87. The zero-order valence-electron chi connectivity index (χ0n) is 13.2. The third-order valence-electron chi connectivity index (χ3n) is 5.12. The molecule has 1 N–H and O–H groups in total. The summed E-state index contributed by atoms with van der Waals surface area (Å²) in [6.45, 7) is 0. The molecule has 0 spiro atoms. The summed E-state index contributed by atoms with van der Waals surface area (Å²) in [7, 11) is 4.19. The zero-order valence-corrected chi connectivity index (χ0v) is 13.2. The molecular weight excluding hydrogens is 262 g/mol. The molecule has 0 heterocycles. The molecule has 2 saturated carbocycles. The van der Waals surface area contributed by atoms with Crippen molar-refractivity contribution in [2.45, 2.75) is 62.7 Å². The van der Waals surface area contributed by atoms with Crippen LogP contribution in [0, 0.1) is 0 Å². The Kier molecular flexibility index (Phi) is 4.23. The Bertz CT molecular complexity index is 476. The van der Waals surface area contributed by atoms with Crippen LogP contribution in [-0.4, -0.2) is 35.7 Å². The lowest BCUT2D eigenvalue weighted by molar-refractivity contribution is -0.0336. The number of rotatable bonds is 5. The fourth-order valence-electron chi connectivity index (χ4n) is 3.58. The third-order valence-corrected chi connectivity index (χ3v) is 5.12. The van der Waals surface area contributed by atoms with Crippen molar-refractivity contribution in [2.75, 3.05) is 14.1 Å². The summed E-state index contributed by atoms with van der Waals surface area (Å²) in [4.78, 5) is 2.23. The van der Waals surface area contributed by atoms with Crippen LogP contribution in [0.5, 0.6) is 5.75 Å². The van der Waals surface area contributed by atoms with Crippen molar-refractivity contribution in [3.63, 3.8) is 0 Å². The first-order valence-corrected chi connectivity index (χ1v) is 8.24. The summed E-state index contributed by atoms with van der Waals surface area (Å²) in [6.07, 6.45) is 8.09. The van der Waals surface area contributed by atoms with E-state index in [0.717, 1.165) is 37.0 Å². The molecular formula is C18H27NO2. The highest BCUT2D eigenvalue weighted by molar-refractivity contribution is 5.32. The van der Waals surface area contributed by atoms with Gasteiger partial charge in [-0.15, -0.1) is 0 Å². The van der Waals surface area contributed by atoms with E-state index in [1.807, 2.05) is 24.3 Å². The van der Waals surface area contributed by atoms with E-state index in [2.05, 4.69) is 19.0 Å². The van der Waals surface area contributed by atoms with E-state index in [4.69, 9.17) is 4.74 Å². The fourth-order valence-corrected chi connectivity index (χ4v) is 3.58. The number of benzene rings is 1. The van der Waals surface area contributed by atoms with Crippen molar-refractivity contribution in [1.29, 1.82) is 0 Å². The van der Waals surface area contributed by atoms with Crippen LogP contribution >= 0.6 is 0 Å². The van der Waals surface area contributed by atoms with Gasteiger partial charge in [0.1, 0.15) is 5.75 Å². The molecule has 3 nitrogen and oxygen atoms in total. The Hall–Kier alpha value is -1.06. The first kappa shape index (κ1) is 14.9.